The number of halogens is 1. The molecular formula is C24H26FN3O4S. The second-order valence-corrected chi connectivity index (χ2v) is 10.0. The molecule has 33 heavy (non-hydrogen) atoms. The number of hydrogen-bond acceptors (Lipinski definition) is 5. The molecule has 1 aliphatic heterocycles. The van der Waals surface area contributed by atoms with Gasteiger partial charge in [0.2, 0.25) is 10.0 Å². The van der Waals surface area contributed by atoms with Crippen molar-refractivity contribution in [2.45, 2.75) is 37.5 Å². The Bertz CT molecular complexity index is 1300. The molecule has 7 nitrogen and oxygen atoms in total. The van der Waals surface area contributed by atoms with Crippen molar-refractivity contribution in [1.29, 1.82) is 0 Å². The highest BCUT2D eigenvalue weighted by Crippen LogP contribution is 2.31. The number of aromatic nitrogens is 1. The van der Waals surface area contributed by atoms with Gasteiger partial charge in [0.1, 0.15) is 11.6 Å². The van der Waals surface area contributed by atoms with E-state index in [1.807, 2.05) is 0 Å². The number of aryl methyl sites for hydroxylation is 1. The van der Waals surface area contributed by atoms with Crippen LogP contribution in [0.4, 0.5) is 10.1 Å². The first kappa shape index (κ1) is 23.1. The average molecular weight is 472 g/mol. The Balaban J connectivity index is 1.70. The number of nitrogens with zero attached hydrogens (tertiary/aromatic N) is 2. The van der Waals surface area contributed by atoms with Gasteiger partial charge in [-0.3, -0.25) is 9.78 Å². The number of nitrogens with one attached hydrogen (secondary N) is 1. The van der Waals surface area contributed by atoms with Crippen LogP contribution in [0.2, 0.25) is 0 Å². The van der Waals surface area contributed by atoms with Crippen molar-refractivity contribution in [3.05, 3.63) is 59.5 Å². The number of carbonyl (C=O) groups is 1. The fourth-order valence-corrected chi connectivity index (χ4v) is 5.63. The summed E-state index contributed by atoms with van der Waals surface area (Å²) in [4.78, 5) is 17.6. The number of pyridine rings is 1. The maximum atomic E-state index is 13.7. The predicted molar refractivity (Wildman–Crippen MR) is 125 cm³/mol. The molecule has 0 bridgehead atoms. The molecule has 0 radical (unpaired) electrons. The number of carbonyl (C=O) groups excluding carboxylic acids is 1. The van der Waals surface area contributed by atoms with Crippen LogP contribution in [-0.4, -0.2) is 43.8 Å². The third kappa shape index (κ3) is 4.84. The smallest absolute Gasteiger partial charge is 0.256 e. The molecule has 174 valence electrons. The highest BCUT2D eigenvalue weighted by Gasteiger charge is 2.26. The van der Waals surface area contributed by atoms with E-state index in [9.17, 15) is 17.6 Å². The van der Waals surface area contributed by atoms with Gasteiger partial charge >= 0.3 is 0 Å². The summed E-state index contributed by atoms with van der Waals surface area (Å²) < 4.78 is 47.0. The normalized spacial score (nSPS) is 15.2. The highest BCUT2D eigenvalue weighted by molar-refractivity contribution is 7.89. The molecule has 4 rings (SSSR count). The van der Waals surface area contributed by atoms with Gasteiger partial charge in [-0.2, -0.15) is 4.31 Å². The molecular weight excluding hydrogens is 445 g/mol. The summed E-state index contributed by atoms with van der Waals surface area (Å²) >= 11 is 0. The summed E-state index contributed by atoms with van der Waals surface area (Å²) in [6.45, 7) is 2.68. The minimum Gasteiger partial charge on any atom is -0.495 e. The molecule has 1 N–H and O–H groups in total. The van der Waals surface area contributed by atoms with Crippen molar-refractivity contribution in [2.75, 3.05) is 25.5 Å². The number of ether oxygens (including phenoxy) is 1. The fourth-order valence-electron chi connectivity index (χ4n) is 4.09. The molecule has 0 spiro atoms. The second kappa shape index (κ2) is 9.44. The minimum absolute atomic E-state index is 0.0957. The van der Waals surface area contributed by atoms with Crippen LogP contribution >= 0.6 is 0 Å². The van der Waals surface area contributed by atoms with E-state index in [2.05, 4.69) is 10.3 Å². The zero-order valence-corrected chi connectivity index (χ0v) is 19.4. The summed E-state index contributed by atoms with van der Waals surface area (Å²) in [5, 5.41) is 3.26. The number of methoxy groups -OCH3 is 1. The molecule has 0 unspecified atom stereocenters. The molecule has 1 fully saturated rings. The van der Waals surface area contributed by atoms with Crippen LogP contribution in [0, 0.1) is 12.7 Å². The topological polar surface area (TPSA) is 88.6 Å². The van der Waals surface area contributed by atoms with E-state index in [1.165, 1.54) is 47.8 Å². The summed E-state index contributed by atoms with van der Waals surface area (Å²) in [6.07, 6.45) is 3.68. The van der Waals surface area contributed by atoms with Gasteiger partial charge in [0.05, 0.1) is 28.8 Å². The van der Waals surface area contributed by atoms with E-state index in [-0.39, 0.29) is 10.6 Å². The molecule has 1 amide bonds. The Morgan fingerprint density at radius 3 is 2.48 bits per heavy atom. The first-order valence-corrected chi connectivity index (χ1v) is 12.3. The molecule has 2 aromatic carbocycles. The van der Waals surface area contributed by atoms with Crippen molar-refractivity contribution >= 4 is 32.5 Å². The van der Waals surface area contributed by atoms with E-state index in [1.54, 1.807) is 13.0 Å². The Kier molecular flexibility index (Phi) is 6.62. The zero-order valence-electron chi connectivity index (χ0n) is 18.6. The maximum absolute atomic E-state index is 13.7. The lowest BCUT2D eigenvalue weighted by atomic mass is 10.1. The van der Waals surface area contributed by atoms with Gasteiger partial charge in [-0.25, -0.2) is 12.8 Å². The number of rotatable bonds is 5. The number of sulfonamides is 1. The van der Waals surface area contributed by atoms with Crippen molar-refractivity contribution in [2.24, 2.45) is 0 Å². The van der Waals surface area contributed by atoms with E-state index < -0.39 is 21.7 Å². The third-order valence-electron chi connectivity index (χ3n) is 5.77. The van der Waals surface area contributed by atoms with Gasteiger partial charge in [0.15, 0.2) is 0 Å². The van der Waals surface area contributed by atoms with Crippen LogP contribution in [0.5, 0.6) is 5.75 Å². The largest absolute Gasteiger partial charge is 0.495 e. The SMILES string of the molecule is COc1ccc(S(=O)(=O)N2CCCCCC2)cc1NC(=O)c1cc(C)nc2cc(F)ccc12. The molecule has 1 saturated heterocycles. The van der Waals surface area contributed by atoms with Gasteiger partial charge in [-0.15, -0.1) is 0 Å². The summed E-state index contributed by atoms with van der Waals surface area (Å²) in [7, 11) is -2.26. The maximum Gasteiger partial charge on any atom is 0.256 e. The number of hydrogen-bond donors (Lipinski definition) is 1. The number of amides is 1. The zero-order chi connectivity index (χ0) is 23.6. The second-order valence-electron chi connectivity index (χ2n) is 8.11. The molecule has 0 aliphatic carbocycles. The lowest BCUT2D eigenvalue weighted by Crippen LogP contribution is -2.32. The van der Waals surface area contributed by atoms with Crippen LogP contribution < -0.4 is 10.1 Å². The number of benzene rings is 2. The van der Waals surface area contributed by atoms with Crippen LogP contribution in [0.3, 0.4) is 0 Å². The number of fused-ring (bicyclic) bond motifs is 1. The Morgan fingerprint density at radius 1 is 1.06 bits per heavy atom. The monoisotopic (exact) mass is 471 g/mol. The van der Waals surface area contributed by atoms with Gasteiger partial charge in [0, 0.05) is 30.2 Å². The van der Waals surface area contributed by atoms with E-state index in [4.69, 9.17) is 4.74 Å². The standard InChI is InChI=1S/C24H26FN3O4S/c1-16-13-20(19-9-7-17(25)14-21(19)26-16)24(29)27-22-15-18(8-10-23(22)32-2)33(30,31)28-11-5-3-4-6-12-28/h7-10,13-15H,3-6,11-12H2,1-2H3,(H,27,29). The number of anilines is 1. The summed E-state index contributed by atoms with van der Waals surface area (Å²) in [6, 6.07) is 10.1. The van der Waals surface area contributed by atoms with Gasteiger partial charge in [-0.05, 0) is 56.2 Å². The van der Waals surface area contributed by atoms with E-state index in [0.717, 1.165) is 25.7 Å². The summed E-state index contributed by atoms with van der Waals surface area (Å²) in [5.74, 6) is -0.584. The van der Waals surface area contributed by atoms with Crippen molar-refractivity contribution in [3.8, 4) is 5.75 Å². The lowest BCUT2D eigenvalue weighted by molar-refractivity contribution is 0.102. The molecule has 1 aliphatic rings. The third-order valence-corrected chi connectivity index (χ3v) is 7.66. The summed E-state index contributed by atoms with van der Waals surface area (Å²) in [5.41, 5.74) is 1.47. The lowest BCUT2D eigenvalue weighted by Gasteiger charge is -2.21. The van der Waals surface area contributed by atoms with Crippen LogP contribution in [0.15, 0.2) is 47.4 Å². The molecule has 1 aromatic heterocycles. The molecule has 0 atom stereocenters. The molecule has 0 saturated carbocycles. The molecule has 3 aromatic rings. The first-order valence-electron chi connectivity index (χ1n) is 10.9. The van der Waals surface area contributed by atoms with Crippen LogP contribution in [0.25, 0.3) is 10.9 Å². The van der Waals surface area contributed by atoms with Crippen molar-refractivity contribution in [3.63, 3.8) is 0 Å². The van der Waals surface area contributed by atoms with Crippen molar-refractivity contribution < 1.29 is 22.3 Å². The minimum atomic E-state index is -3.70. The van der Waals surface area contributed by atoms with Gasteiger partial charge in [-0.1, -0.05) is 12.8 Å². The van der Waals surface area contributed by atoms with Crippen LogP contribution in [-0.2, 0) is 10.0 Å². The highest BCUT2D eigenvalue weighted by atomic mass is 32.2. The van der Waals surface area contributed by atoms with Crippen LogP contribution in [0.1, 0.15) is 41.7 Å². The first-order chi connectivity index (χ1) is 15.8. The van der Waals surface area contributed by atoms with Crippen molar-refractivity contribution in [1.82, 2.24) is 9.29 Å². The quantitative estimate of drug-likeness (QED) is 0.592. The fraction of sp³-hybridized carbons (Fsp3) is 0.333. The van der Waals surface area contributed by atoms with E-state index >= 15 is 0 Å². The predicted octanol–water partition coefficient (Wildman–Crippen LogP) is 4.51. The molecule has 2 heterocycles. The average Bonchev–Trinajstić information content (AvgIpc) is 3.08. The van der Waals surface area contributed by atoms with Gasteiger partial charge < -0.3 is 10.1 Å². The Labute approximate surface area is 192 Å². The Hall–Kier alpha value is -3.04. The van der Waals surface area contributed by atoms with Gasteiger partial charge in [0.25, 0.3) is 5.91 Å². The van der Waals surface area contributed by atoms with E-state index in [0.29, 0.717) is 41.0 Å². The molecule has 9 heteroatoms. The Morgan fingerprint density at radius 2 is 1.79 bits per heavy atom.